The molecule has 0 aromatic carbocycles. The van der Waals surface area contributed by atoms with Crippen LogP contribution in [0.25, 0.3) is 0 Å². The zero-order valence-corrected chi connectivity index (χ0v) is 17.5. The van der Waals surface area contributed by atoms with Crippen LogP contribution in [-0.4, -0.2) is 49.5 Å². The smallest absolute Gasteiger partial charge is 0.324 e. The van der Waals surface area contributed by atoms with E-state index in [9.17, 15) is 8.42 Å². The van der Waals surface area contributed by atoms with Crippen molar-refractivity contribution >= 4 is 15.9 Å². The van der Waals surface area contributed by atoms with E-state index in [0.29, 0.717) is 24.3 Å². The monoisotopic (exact) mass is 408 g/mol. The van der Waals surface area contributed by atoms with Gasteiger partial charge in [0.15, 0.2) is 20.7 Å². The molecule has 2 aromatic heterocycles. The van der Waals surface area contributed by atoms with Crippen LogP contribution in [0.4, 0.5) is 6.01 Å². The lowest BCUT2D eigenvalue weighted by Gasteiger charge is -2.30. The molecule has 154 valence electrons. The molecule has 1 aliphatic heterocycles. The van der Waals surface area contributed by atoms with Crippen LogP contribution >= 0.6 is 0 Å². The van der Waals surface area contributed by atoms with E-state index in [1.54, 1.807) is 6.07 Å². The van der Waals surface area contributed by atoms with Gasteiger partial charge in [-0.2, -0.15) is 4.98 Å². The molecule has 1 saturated heterocycles. The lowest BCUT2D eigenvalue weighted by Crippen LogP contribution is -2.34. The Balaban J connectivity index is 1.36. The van der Waals surface area contributed by atoms with Gasteiger partial charge in [0.2, 0.25) is 0 Å². The number of anilines is 1. The first-order valence-corrected chi connectivity index (χ1v) is 11.6. The maximum atomic E-state index is 11.4. The summed E-state index contributed by atoms with van der Waals surface area (Å²) in [7, 11) is -3.27. The van der Waals surface area contributed by atoms with Gasteiger partial charge in [0.1, 0.15) is 5.75 Å². The minimum Gasteiger partial charge on any atom is -0.492 e. The zero-order chi connectivity index (χ0) is 20.1. The average Bonchev–Trinajstić information content (AvgIpc) is 3.16. The van der Waals surface area contributed by atoms with Crippen molar-refractivity contribution in [1.82, 2.24) is 15.1 Å². The lowest BCUT2D eigenvalue weighted by molar-refractivity contribution is 0.275. The highest BCUT2D eigenvalue weighted by Gasteiger charge is 2.23. The normalized spacial score (nSPS) is 15.9. The molecule has 0 bridgehead atoms. The number of pyridine rings is 1. The fourth-order valence-corrected chi connectivity index (χ4v) is 3.80. The zero-order valence-electron chi connectivity index (χ0n) is 16.7. The van der Waals surface area contributed by atoms with E-state index < -0.39 is 9.84 Å². The molecule has 0 amide bonds. The largest absolute Gasteiger partial charge is 0.492 e. The average molecular weight is 409 g/mol. The second-order valence-electron chi connectivity index (χ2n) is 7.62. The fraction of sp³-hybridized carbons (Fsp3) is 0.632. The van der Waals surface area contributed by atoms with Crippen molar-refractivity contribution in [2.75, 3.05) is 30.9 Å². The van der Waals surface area contributed by atoms with Gasteiger partial charge < -0.3 is 14.2 Å². The van der Waals surface area contributed by atoms with Crippen LogP contribution in [0.5, 0.6) is 5.75 Å². The van der Waals surface area contributed by atoms with E-state index in [-0.39, 0.29) is 10.9 Å². The highest BCUT2D eigenvalue weighted by atomic mass is 32.2. The van der Waals surface area contributed by atoms with Crippen LogP contribution in [0.2, 0.25) is 0 Å². The van der Waals surface area contributed by atoms with Gasteiger partial charge in [-0.3, -0.25) is 0 Å². The molecule has 3 heterocycles. The summed E-state index contributed by atoms with van der Waals surface area (Å²) in [5.74, 6) is 2.29. The van der Waals surface area contributed by atoms with Crippen molar-refractivity contribution in [2.45, 2.75) is 50.5 Å². The summed E-state index contributed by atoms with van der Waals surface area (Å²) in [6.45, 7) is 6.57. The van der Waals surface area contributed by atoms with Crippen LogP contribution in [0.15, 0.2) is 27.9 Å². The van der Waals surface area contributed by atoms with Crippen molar-refractivity contribution in [1.29, 1.82) is 0 Å². The fourth-order valence-electron chi connectivity index (χ4n) is 3.24. The van der Waals surface area contributed by atoms with E-state index in [1.807, 2.05) is 0 Å². The van der Waals surface area contributed by atoms with Crippen LogP contribution in [0.3, 0.4) is 0 Å². The Morgan fingerprint density at radius 2 is 2.04 bits per heavy atom. The number of rotatable bonds is 8. The predicted molar refractivity (Wildman–Crippen MR) is 105 cm³/mol. The summed E-state index contributed by atoms with van der Waals surface area (Å²) in [4.78, 5) is 10.6. The molecule has 9 heteroatoms. The van der Waals surface area contributed by atoms with Crippen molar-refractivity contribution in [2.24, 2.45) is 5.92 Å². The number of nitrogens with zero attached hydrogens (tertiary/aromatic N) is 4. The first-order chi connectivity index (χ1) is 13.3. The van der Waals surface area contributed by atoms with Gasteiger partial charge in [-0.25, -0.2) is 13.4 Å². The Labute approximate surface area is 166 Å². The van der Waals surface area contributed by atoms with Crippen molar-refractivity contribution in [3.05, 3.63) is 24.2 Å². The molecule has 0 unspecified atom stereocenters. The SMILES string of the molecule is CC(C)c1noc(N2CCC(CCCOc3ccc(S(C)(=O)=O)nc3)CC2)n1. The van der Waals surface area contributed by atoms with E-state index in [2.05, 4.69) is 33.9 Å². The standard InChI is InChI=1S/C19H28N4O4S/c1-14(2)18-21-19(27-22-18)23-10-8-15(9-11-23)5-4-12-26-16-6-7-17(20-13-16)28(3,24)25/h6-7,13-15H,4-5,8-12H2,1-3H3. The van der Waals surface area contributed by atoms with Gasteiger partial charge in [-0.05, 0) is 43.7 Å². The summed E-state index contributed by atoms with van der Waals surface area (Å²) in [5.41, 5.74) is 0. The number of sulfone groups is 1. The van der Waals surface area contributed by atoms with E-state index in [1.165, 1.54) is 12.3 Å². The van der Waals surface area contributed by atoms with E-state index in [4.69, 9.17) is 9.26 Å². The van der Waals surface area contributed by atoms with Gasteiger partial charge in [-0.1, -0.05) is 19.0 Å². The highest BCUT2D eigenvalue weighted by Crippen LogP contribution is 2.26. The second kappa shape index (κ2) is 8.89. The summed E-state index contributed by atoms with van der Waals surface area (Å²) >= 11 is 0. The Morgan fingerprint density at radius 1 is 1.29 bits per heavy atom. The van der Waals surface area contributed by atoms with Crippen molar-refractivity contribution in [3.8, 4) is 5.75 Å². The topological polar surface area (TPSA) is 98.4 Å². The maximum Gasteiger partial charge on any atom is 0.324 e. The third-order valence-corrected chi connectivity index (χ3v) is 5.95. The molecule has 1 aliphatic rings. The third-order valence-electron chi connectivity index (χ3n) is 4.95. The molecule has 0 spiro atoms. The molecule has 1 fully saturated rings. The van der Waals surface area contributed by atoms with Gasteiger partial charge in [0.05, 0.1) is 12.8 Å². The Morgan fingerprint density at radius 3 is 2.61 bits per heavy atom. The van der Waals surface area contributed by atoms with Gasteiger partial charge in [-0.15, -0.1) is 0 Å². The molecular weight excluding hydrogens is 380 g/mol. The number of hydrogen-bond donors (Lipinski definition) is 0. The molecular formula is C19H28N4O4S. The molecule has 0 saturated carbocycles. The Kier molecular flexibility index (Phi) is 6.53. The number of piperidine rings is 1. The molecule has 2 aromatic rings. The van der Waals surface area contributed by atoms with Gasteiger partial charge >= 0.3 is 6.01 Å². The Hall–Kier alpha value is -2.16. The Bertz CT molecular complexity index is 856. The van der Waals surface area contributed by atoms with Crippen LogP contribution in [0, 0.1) is 5.92 Å². The molecule has 0 atom stereocenters. The minimum atomic E-state index is -3.27. The molecule has 8 nitrogen and oxygen atoms in total. The van der Waals surface area contributed by atoms with Crippen LogP contribution < -0.4 is 9.64 Å². The summed E-state index contributed by atoms with van der Waals surface area (Å²) in [5, 5.41) is 4.10. The van der Waals surface area contributed by atoms with Crippen LogP contribution in [0.1, 0.15) is 51.3 Å². The van der Waals surface area contributed by atoms with Gasteiger partial charge in [0.25, 0.3) is 0 Å². The number of hydrogen-bond acceptors (Lipinski definition) is 8. The van der Waals surface area contributed by atoms with Crippen molar-refractivity contribution < 1.29 is 17.7 Å². The summed E-state index contributed by atoms with van der Waals surface area (Å²) < 4.78 is 33.9. The molecule has 28 heavy (non-hydrogen) atoms. The van der Waals surface area contributed by atoms with E-state index in [0.717, 1.165) is 50.9 Å². The first-order valence-electron chi connectivity index (χ1n) is 9.70. The molecule has 3 rings (SSSR count). The first kappa shape index (κ1) is 20.6. The van der Waals surface area contributed by atoms with E-state index >= 15 is 0 Å². The third kappa shape index (κ3) is 5.43. The second-order valence-corrected chi connectivity index (χ2v) is 9.58. The highest BCUT2D eigenvalue weighted by molar-refractivity contribution is 7.90. The maximum absolute atomic E-state index is 11.4. The number of aromatic nitrogens is 3. The molecule has 0 N–H and O–H groups in total. The quantitative estimate of drug-likeness (QED) is 0.615. The van der Waals surface area contributed by atoms with Gasteiger partial charge in [0, 0.05) is 25.3 Å². The van der Waals surface area contributed by atoms with Crippen LogP contribution in [-0.2, 0) is 9.84 Å². The minimum absolute atomic E-state index is 0.0633. The lowest BCUT2D eigenvalue weighted by atomic mass is 9.92. The summed E-state index contributed by atoms with van der Waals surface area (Å²) in [6.07, 6.45) is 6.86. The van der Waals surface area contributed by atoms with Crippen molar-refractivity contribution in [3.63, 3.8) is 0 Å². The molecule has 0 radical (unpaired) electrons. The predicted octanol–water partition coefficient (Wildman–Crippen LogP) is 3.07. The number of ether oxygens (including phenoxy) is 1. The molecule has 0 aliphatic carbocycles. The summed E-state index contributed by atoms with van der Waals surface area (Å²) in [6, 6.07) is 3.76.